The SMILES string of the molecule is CCCCOC(=O)Nc1ccc(I)cc1C(=O)NCC(=O)N[C@@H]1CCCC[C@@H]1NC(=O)c1ccc(S(N)(=O)=O)cc1. The van der Waals surface area contributed by atoms with Crippen LogP contribution in [0.3, 0.4) is 0 Å². The van der Waals surface area contributed by atoms with Gasteiger partial charge >= 0.3 is 6.09 Å². The van der Waals surface area contributed by atoms with Crippen molar-refractivity contribution in [3.63, 3.8) is 0 Å². The summed E-state index contributed by atoms with van der Waals surface area (Å²) in [5.74, 6) is -1.38. The summed E-state index contributed by atoms with van der Waals surface area (Å²) in [4.78, 5) is 50.5. The van der Waals surface area contributed by atoms with Crippen molar-refractivity contribution in [1.82, 2.24) is 16.0 Å². The number of benzene rings is 2. The van der Waals surface area contributed by atoms with Gasteiger partial charge in [0.2, 0.25) is 15.9 Å². The Hall–Kier alpha value is -3.24. The molecular formula is C27H34IN5O7S. The lowest BCUT2D eigenvalue weighted by Crippen LogP contribution is -2.54. The van der Waals surface area contributed by atoms with Gasteiger partial charge in [0.25, 0.3) is 11.8 Å². The third kappa shape index (κ3) is 9.97. The molecule has 2 aromatic rings. The monoisotopic (exact) mass is 699 g/mol. The summed E-state index contributed by atoms with van der Waals surface area (Å²) in [6.45, 7) is 1.93. The summed E-state index contributed by atoms with van der Waals surface area (Å²) >= 11 is 2.05. The van der Waals surface area contributed by atoms with Gasteiger partial charge in [-0.05, 0) is 84.3 Å². The van der Waals surface area contributed by atoms with Crippen LogP contribution < -0.4 is 26.4 Å². The number of unbranched alkanes of at least 4 members (excludes halogenated alkanes) is 1. The van der Waals surface area contributed by atoms with E-state index in [4.69, 9.17) is 9.88 Å². The summed E-state index contributed by atoms with van der Waals surface area (Å²) in [5, 5.41) is 16.1. The van der Waals surface area contributed by atoms with Crippen LogP contribution in [0.15, 0.2) is 47.4 Å². The average Bonchev–Trinajstić information content (AvgIpc) is 2.93. The lowest BCUT2D eigenvalue weighted by Gasteiger charge is -2.33. The third-order valence-corrected chi connectivity index (χ3v) is 8.08. The van der Waals surface area contributed by atoms with E-state index in [1.165, 1.54) is 24.3 Å². The van der Waals surface area contributed by atoms with Gasteiger partial charge in [-0.25, -0.2) is 18.4 Å². The fourth-order valence-electron chi connectivity index (χ4n) is 4.31. The Morgan fingerprint density at radius 1 is 0.976 bits per heavy atom. The van der Waals surface area contributed by atoms with Gasteiger partial charge in [0.05, 0.1) is 29.3 Å². The van der Waals surface area contributed by atoms with Crippen LogP contribution in [0.5, 0.6) is 0 Å². The Bertz CT molecular complexity index is 1370. The first-order valence-electron chi connectivity index (χ1n) is 13.2. The van der Waals surface area contributed by atoms with E-state index in [9.17, 15) is 27.6 Å². The molecule has 0 bridgehead atoms. The Morgan fingerprint density at radius 2 is 1.63 bits per heavy atom. The predicted molar refractivity (Wildman–Crippen MR) is 161 cm³/mol. The molecule has 0 aliphatic heterocycles. The van der Waals surface area contributed by atoms with Crippen LogP contribution >= 0.6 is 22.6 Å². The first kappa shape index (κ1) is 32.3. The third-order valence-electron chi connectivity index (χ3n) is 6.48. The molecule has 0 aromatic heterocycles. The van der Waals surface area contributed by atoms with Crippen molar-refractivity contribution in [2.45, 2.75) is 62.4 Å². The van der Waals surface area contributed by atoms with Gasteiger partial charge in [0.1, 0.15) is 0 Å². The number of anilines is 1. The molecule has 2 atom stereocenters. The van der Waals surface area contributed by atoms with Crippen LogP contribution in [-0.4, -0.2) is 57.5 Å². The average molecular weight is 700 g/mol. The van der Waals surface area contributed by atoms with E-state index in [2.05, 4.69) is 21.3 Å². The number of carbonyl (C=O) groups excluding carboxylic acids is 4. The zero-order chi connectivity index (χ0) is 30.0. The molecule has 1 fully saturated rings. The molecule has 1 saturated carbocycles. The molecule has 1 aliphatic rings. The molecule has 6 N–H and O–H groups in total. The number of hydrogen-bond donors (Lipinski definition) is 5. The summed E-state index contributed by atoms with van der Waals surface area (Å²) in [6, 6.07) is 9.49. The van der Waals surface area contributed by atoms with E-state index in [0.29, 0.717) is 12.8 Å². The van der Waals surface area contributed by atoms with Crippen LogP contribution in [0.25, 0.3) is 0 Å². The van der Waals surface area contributed by atoms with Crippen molar-refractivity contribution in [2.24, 2.45) is 5.14 Å². The zero-order valence-electron chi connectivity index (χ0n) is 22.6. The summed E-state index contributed by atoms with van der Waals surface area (Å²) < 4.78 is 28.8. The van der Waals surface area contributed by atoms with Crippen LogP contribution in [0.2, 0.25) is 0 Å². The molecule has 12 nitrogen and oxygen atoms in total. The van der Waals surface area contributed by atoms with Crippen LogP contribution in [0, 0.1) is 3.57 Å². The summed E-state index contributed by atoms with van der Waals surface area (Å²) in [6.07, 6.45) is 3.93. The molecule has 0 spiro atoms. The van der Waals surface area contributed by atoms with Crippen molar-refractivity contribution < 1.29 is 32.3 Å². The van der Waals surface area contributed by atoms with Crippen molar-refractivity contribution in [3.05, 3.63) is 57.2 Å². The number of halogens is 1. The number of hydrogen-bond acceptors (Lipinski definition) is 7. The topological polar surface area (TPSA) is 186 Å². The second-order valence-electron chi connectivity index (χ2n) is 9.59. The highest BCUT2D eigenvalue weighted by atomic mass is 127. The fourth-order valence-corrected chi connectivity index (χ4v) is 5.31. The van der Waals surface area contributed by atoms with Crippen molar-refractivity contribution in [3.8, 4) is 0 Å². The summed E-state index contributed by atoms with van der Waals surface area (Å²) in [7, 11) is -3.87. The molecule has 3 rings (SSSR count). The van der Waals surface area contributed by atoms with Gasteiger partial charge in [-0.3, -0.25) is 19.7 Å². The molecule has 0 unspecified atom stereocenters. The standard InChI is InChI=1S/C27H34IN5O7S/c1-2-3-14-40-27(37)33-21-13-10-18(28)15-20(21)26(36)30-16-24(34)31-22-6-4-5-7-23(22)32-25(35)17-8-11-19(12-9-17)41(29,38)39/h8-13,15,22-23H,2-7,14,16H2,1H3,(H,30,36)(H,31,34)(H,32,35)(H,33,37)(H2,29,38,39)/t22-,23+/m1/s1. The fraction of sp³-hybridized carbons (Fsp3) is 0.407. The molecule has 2 aromatic carbocycles. The minimum atomic E-state index is -3.87. The molecule has 1 aliphatic carbocycles. The number of nitrogens with two attached hydrogens (primary N) is 1. The highest BCUT2D eigenvalue weighted by molar-refractivity contribution is 14.1. The first-order chi connectivity index (χ1) is 19.5. The number of nitrogens with one attached hydrogen (secondary N) is 4. The highest BCUT2D eigenvalue weighted by Crippen LogP contribution is 2.21. The number of amides is 4. The maximum Gasteiger partial charge on any atom is 0.411 e. The number of primary sulfonamides is 1. The van der Waals surface area contributed by atoms with E-state index in [1.54, 1.807) is 18.2 Å². The minimum absolute atomic E-state index is 0.0982. The molecule has 4 amide bonds. The summed E-state index contributed by atoms with van der Waals surface area (Å²) in [5.41, 5.74) is 0.710. The first-order valence-corrected chi connectivity index (χ1v) is 15.8. The number of sulfonamides is 1. The molecule has 41 heavy (non-hydrogen) atoms. The number of ether oxygens (including phenoxy) is 1. The molecule has 0 saturated heterocycles. The van der Waals surface area contributed by atoms with Gasteiger partial charge in [-0.1, -0.05) is 26.2 Å². The lowest BCUT2D eigenvalue weighted by molar-refractivity contribution is -0.121. The highest BCUT2D eigenvalue weighted by Gasteiger charge is 2.28. The lowest BCUT2D eigenvalue weighted by atomic mass is 9.90. The Morgan fingerprint density at radius 3 is 2.27 bits per heavy atom. The quantitative estimate of drug-likeness (QED) is 0.176. The normalized spacial score (nSPS) is 16.8. The van der Waals surface area contributed by atoms with Crippen LogP contribution in [0.1, 0.15) is 66.2 Å². The maximum atomic E-state index is 12.9. The molecule has 0 radical (unpaired) electrons. The molecule has 14 heteroatoms. The Labute approximate surface area is 252 Å². The van der Waals surface area contributed by atoms with Gasteiger partial charge in [0.15, 0.2) is 0 Å². The largest absolute Gasteiger partial charge is 0.449 e. The van der Waals surface area contributed by atoms with Gasteiger partial charge < -0.3 is 20.7 Å². The Balaban J connectivity index is 1.57. The Kier molecular flexibility index (Phi) is 11.9. The molecule has 0 heterocycles. The molecular weight excluding hydrogens is 665 g/mol. The van der Waals surface area contributed by atoms with E-state index in [1.807, 2.05) is 29.5 Å². The van der Waals surface area contributed by atoms with Crippen LogP contribution in [-0.2, 0) is 19.6 Å². The van der Waals surface area contributed by atoms with Crippen molar-refractivity contribution >= 4 is 62.1 Å². The van der Waals surface area contributed by atoms with E-state index < -0.39 is 33.8 Å². The molecule has 222 valence electrons. The van der Waals surface area contributed by atoms with Crippen molar-refractivity contribution in [2.75, 3.05) is 18.5 Å². The second-order valence-corrected chi connectivity index (χ2v) is 12.4. The van der Waals surface area contributed by atoms with E-state index in [-0.39, 0.29) is 46.9 Å². The number of rotatable bonds is 11. The van der Waals surface area contributed by atoms with E-state index in [0.717, 1.165) is 29.3 Å². The van der Waals surface area contributed by atoms with Gasteiger partial charge in [-0.15, -0.1) is 0 Å². The van der Waals surface area contributed by atoms with Gasteiger partial charge in [0, 0.05) is 21.2 Å². The smallest absolute Gasteiger partial charge is 0.411 e. The minimum Gasteiger partial charge on any atom is -0.449 e. The second kappa shape index (κ2) is 15.1. The maximum absolute atomic E-state index is 12.9. The predicted octanol–water partition coefficient (Wildman–Crippen LogP) is 2.87. The number of carbonyl (C=O) groups is 4. The van der Waals surface area contributed by atoms with E-state index >= 15 is 0 Å². The van der Waals surface area contributed by atoms with Gasteiger partial charge in [-0.2, -0.15) is 0 Å². The van der Waals surface area contributed by atoms with Crippen LogP contribution in [0.4, 0.5) is 10.5 Å². The van der Waals surface area contributed by atoms with Crippen molar-refractivity contribution in [1.29, 1.82) is 0 Å². The zero-order valence-corrected chi connectivity index (χ0v) is 25.5.